The predicted molar refractivity (Wildman–Crippen MR) is 56.7 cm³/mol. The smallest absolute Gasteiger partial charge is 0.0230 e. The van der Waals surface area contributed by atoms with E-state index in [0.29, 0.717) is 0 Å². The lowest BCUT2D eigenvalue weighted by atomic mass is 10.1. The summed E-state index contributed by atoms with van der Waals surface area (Å²) in [4.78, 5) is 2.22. The SMILES string of the molecule is CN(C)CC1=CCc2ccccc21. The fourth-order valence-corrected chi connectivity index (χ4v) is 1.85. The van der Waals surface area contributed by atoms with Crippen LogP contribution in [0.1, 0.15) is 11.1 Å². The van der Waals surface area contributed by atoms with Crippen LogP contribution in [0, 0.1) is 0 Å². The van der Waals surface area contributed by atoms with E-state index in [0.717, 1.165) is 13.0 Å². The van der Waals surface area contributed by atoms with Crippen molar-refractivity contribution in [3.8, 4) is 0 Å². The van der Waals surface area contributed by atoms with Gasteiger partial charge in [-0.3, -0.25) is 0 Å². The molecule has 0 fully saturated rings. The van der Waals surface area contributed by atoms with Gasteiger partial charge < -0.3 is 4.90 Å². The molecule has 13 heavy (non-hydrogen) atoms. The molecule has 1 aliphatic rings. The van der Waals surface area contributed by atoms with Crippen LogP contribution in [0.5, 0.6) is 0 Å². The van der Waals surface area contributed by atoms with Crippen molar-refractivity contribution in [2.24, 2.45) is 0 Å². The molecule has 0 bridgehead atoms. The van der Waals surface area contributed by atoms with E-state index in [9.17, 15) is 0 Å². The van der Waals surface area contributed by atoms with Gasteiger partial charge in [-0.15, -0.1) is 0 Å². The Labute approximate surface area is 79.7 Å². The number of rotatable bonds is 2. The lowest BCUT2D eigenvalue weighted by Crippen LogP contribution is -2.13. The average Bonchev–Trinajstić information content (AvgIpc) is 2.48. The summed E-state index contributed by atoms with van der Waals surface area (Å²) in [5.41, 5.74) is 4.39. The molecule has 0 aliphatic heterocycles. The van der Waals surface area contributed by atoms with Gasteiger partial charge in [-0.25, -0.2) is 0 Å². The zero-order chi connectivity index (χ0) is 9.26. The predicted octanol–water partition coefficient (Wildman–Crippen LogP) is 2.19. The Bertz CT molecular complexity index is 337. The number of hydrogen-bond donors (Lipinski definition) is 0. The normalized spacial score (nSPS) is 14.5. The molecule has 0 spiro atoms. The third kappa shape index (κ3) is 1.65. The highest BCUT2D eigenvalue weighted by atomic mass is 15.0. The summed E-state index contributed by atoms with van der Waals surface area (Å²) in [5, 5.41) is 0. The molecule has 1 aromatic rings. The van der Waals surface area contributed by atoms with Gasteiger partial charge >= 0.3 is 0 Å². The summed E-state index contributed by atoms with van der Waals surface area (Å²) in [5.74, 6) is 0. The molecule has 68 valence electrons. The van der Waals surface area contributed by atoms with E-state index in [4.69, 9.17) is 0 Å². The first-order valence-electron chi connectivity index (χ1n) is 4.69. The molecule has 0 N–H and O–H groups in total. The van der Waals surface area contributed by atoms with Gasteiger partial charge in [0.2, 0.25) is 0 Å². The molecule has 0 atom stereocenters. The van der Waals surface area contributed by atoms with Crippen LogP contribution < -0.4 is 0 Å². The van der Waals surface area contributed by atoms with Crippen molar-refractivity contribution < 1.29 is 0 Å². The number of fused-ring (bicyclic) bond motifs is 1. The third-order valence-corrected chi connectivity index (χ3v) is 2.42. The van der Waals surface area contributed by atoms with Crippen LogP contribution in [-0.4, -0.2) is 25.5 Å². The molecule has 0 amide bonds. The van der Waals surface area contributed by atoms with Gasteiger partial charge in [0.1, 0.15) is 0 Å². The number of likely N-dealkylation sites (N-methyl/N-ethyl adjacent to an activating group) is 1. The zero-order valence-electron chi connectivity index (χ0n) is 8.25. The highest BCUT2D eigenvalue weighted by Crippen LogP contribution is 2.26. The first-order chi connectivity index (χ1) is 6.27. The highest BCUT2D eigenvalue weighted by molar-refractivity contribution is 5.73. The van der Waals surface area contributed by atoms with Gasteiger partial charge in [0.15, 0.2) is 0 Å². The van der Waals surface area contributed by atoms with Gasteiger partial charge in [0.05, 0.1) is 0 Å². The Balaban J connectivity index is 2.26. The van der Waals surface area contributed by atoms with Crippen molar-refractivity contribution in [2.75, 3.05) is 20.6 Å². The molecule has 0 unspecified atom stereocenters. The van der Waals surface area contributed by atoms with E-state index in [1.807, 2.05) is 0 Å². The molecule has 1 heteroatoms. The summed E-state index contributed by atoms with van der Waals surface area (Å²) in [6.07, 6.45) is 3.45. The minimum atomic E-state index is 1.05. The first-order valence-corrected chi connectivity index (χ1v) is 4.69. The number of benzene rings is 1. The second-order valence-electron chi connectivity index (χ2n) is 3.83. The van der Waals surface area contributed by atoms with Crippen molar-refractivity contribution in [2.45, 2.75) is 6.42 Å². The Kier molecular flexibility index (Phi) is 2.19. The molecule has 1 aliphatic carbocycles. The van der Waals surface area contributed by atoms with Crippen LogP contribution in [0.3, 0.4) is 0 Å². The average molecular weight is 173 g/mol. The zero-order valence-corrected chi connectivity index (χ0v) is 8.25. The minimum Gasteiger partial charge on any atom is -0.305 e. The summed E-state index contributed by atoms with van der Waals surface area (Å²) in [6.45, 7) is 1.05. The third-order valence-electron chi connectivity index (χ3n) is 2.42. The Hall–Kier alpha value is -1.08. The van der Waals surface area contributed by atoms with Crippen molar-refractivity contribution in [3.63, 3.8) is 0 Å². The van der Waals surface area contributed by atoms with Crippen molar-refractivity contribution in [1.82, 2.24) is 4.90 Å². The first kappa shape index (κ1) is 8.52. The van der Waals surface area contributed by atoms with Crippen molar-refractivity contribution in [1.29, 1.82) is 0 Å². The van der Waals surface area contributed by atoms with Crippen LogP contribution in [0.4, 0.5) is 0 Å². The molecule has 1 nitrogen and oxygen atoms in total. The standard InChI is InChI=1S/C12H15N/c1-13(2)9-11-8-7-10-5-3-4-6-12(10)11/h3-6,8H,7,9H2,1-2H3. The maximum atomic E-state index is 2.34. The van der Waals surface area contributed by atoms with E-state index in [2.05, 4.69) is 49.3 Å². The monoisotopic (exact) mass is 173 g/mol. The van der Waals surface area contributed by atoms with E-state index < -0.39 is 0 Å². The molecule has 2 rings (SSSR count). The fourth-order valence-electron chi connectivity index (χ4n) is 1.85. The lowest BCUT2D eigenvalue weighted by Gasteiger charge is -2.11. The molecule has 0 saturated carbocycles. The molecule has 0 aromatic heterocycles. The van der Waals surface area contributed by atoms with Crippen LogP contribution in [0.15, 0.2) is 30.3 Å². The second kappa shape index (κ2) is 3.35. The van der Waals surface area contributed by atoms with Gasteiger partial charge in [0.25, 0.3) is 0 Å². The summed E-state index contributed by atoms with van der Waals surface area (Å²) >= 11 is 0. The molecule has 1 aromatic carbocycles. The van der Waals surface area contributed by atoms with E-state index in [-0.39, 0.29) is 0 Å². The Morgan fingerprint density at radius 1 is 1.23 bits per heavy atom. The van der Waals surface area contributed by atoms with E-state index in [1.165, 1.54) is 16.7 Å². The van der Waals surface area contributed by atoms with E-state index >= 15 is 0 Å². The van der Waals surface area contributed by atoms with Gasteiger partial charge in [-0.2, -0.15) is 0 Å². The van der Waals surface area contributed by atoms with Gasteiger partial charge in [-0.1, -0.05) is 30.3 Å². The van der Waals surface area contributed by atoms with Gasteiger partial charge in [-0.05, 0) is 37.2 Å². The van der Waals surface area contributed by atoms with Crippen LogP contribution >= 0.6 is 0 Å². The van der Waals surface area contributed by atoms with Crippen LogP contribution in [-0.2, 0) is 6.42 Å². The molecule has 0 saturated heterocycles. The van der Waals surface area contributed by atoms with Crippen LogP contribution in [0.2, 0.25) is 0 Å². The fraction of sp³-hybridized carbons (Fsp3) is 0.333. The molecule has 0 heterocycles. The molecular formula is C12H15N. The van der Waals surface area contributed by atoms with Crippen molar-refractivity contribution in [3.05, 3.63) is 41.5 Å². The molecule has 0 radical (unpaired) electrons. The number of allylic oxidation sites excluding steroid dienone is 1. The highest BCUT2D eigenvalue weighted by Gasteiger charge is 2.12. The quantitative estimate of drug-likeness (QED) is 0.662. The van der Waals surface area contributed by atoms with Crippen LogP contribution in [0.25, 0.3) is 5.57 Å². The number of hydrogen-bond acceptors (Lipinski definition) is 1. The molecular weight excluding hydrogens is 158 g/mol. The summed E-state index contributed by atoms with van der Waals surface area (Å²) in [6, 6.07) is 8.67. The topological polar surface area (TPSA) is 3.24 Å². The van der Waals surface area contributed by atoms with Gasteiger partial charge in [0, 0.05) is 6.54 Å². The summed E-state index contributed by atoms with van der Waals surface area (Å²) < 4.78 is 0. The maximum absolute atomic E-state index is 2.34. The lowest BCUT2D eigenvalue weighted by molar-refractivity contribution is 0.463. The van der Waals surface area contributed by atoms with Crippen molar-refractivity contribution >= 4 is 5.57 Å². The summed E-state index contributed by atoms with van der Waals surface area (Å²) in [7, 11) is 4.23. The van der Waals surface area contributed by atoms with E-state index in [1.54, 1.807) is 0 Å². The minimum absolute atomic E-state index is 1.05. The largest absolute Gasteiger partial charge is 0.305 e. The maximum Gasteiger partial charge on any atom is 0.0230 e. The Morgan fingerprint density at radius 3 is 2.77 bits per heavy atom. The number of nitrogens with zero attached hydrogens (tertiary/aromatic N) is 1. The second-order valence-corrected chi connectivity index (χ2v) is 3.83. The Morgan fingerprint density at radius 2 is 2.00 bits per heavy atom.